The van der Waals surface area contributed by atoms with Crippen LogP contribution in [0.15, 0.2) is 200 Å². The molecule has 0 radical (unpaired) electrons. The van der Waals surface area contributed by atoms with Gasteiger partial charge in [-0.1, -0.05) is 152 Å². The fraction of sp³-hybridized carbons (Fsp3) is 0. The smallest absolute Gasteiger partial charge is 0.164 e. The fourth-order valence-electron chi connectivity index (χ4n) is 8.08. The molecule has 3 heterocycles. The third-order valence-corrected chi connectivity index (χ3v) is 10.7. The highest BCUT2D eigenvalue weighted by Gasteiger charge is 2.28. The molecule has 1 aliphatic heterocycles. The van der Waals surface area contributed by atoms with Crippen molar-refractivity contribution in [3.05, 3.63) is 200 Å². The number of hydrogen-bond donors (Lipinski definition) is 0. The van der Waals surface area contributed by atoms with Crippen LogP contribution in [0.4, 0.5) is 17.2 Å². The maximum atomic E-state index is 5.01. The van der Waals surface area contributed by atoms with Crippen molar-refractivity contribution in [3.63, 3.8) is 0 Å². The maximum absolute atomic E-state index is 5.01. The van der Waals surface area contributed by atoms with Crippen molar-refractivity contribution in [1.82, 2.24) is 19.5 Å². The Bertz CT molecular complexity index is 3040. The van der Waals surface area contributed by atoms with Gasteiger partial charge in [0.2, 0.25) is 0 Å². The van der Waals surface area contributed by atoms with Crippen molar-refractivity contribution in [2.24, 2.45) is 0 Å². The second-order valence-corrected chi connectivity index (χ2v) is 14.1. The van der Waals surface area contributed by atoms with E-state index in [-0.39, 0.29) is 0 Å². The first kappa shape index (κ1) is 31.9. The van der Waals surface area contributed by atoms with Gasteiger partial charge < -0.3 is 0 Å². The number of benzene rings is 8. The van der Waals surface area contributed by atoms with Crippen molar-refractivity contribution in [2.45, 2.75) is 0 Å². The summed E-state index contributed by atoms with van der Waals surface area (Å²) in [6.07, 6.45) is 0. The average molecular weight is 716 g/mol. The van der Waals surface area contributed by atoms with Crippen LogP contribution in [0, 0.1) is 0 Å². The van der Waals surface area contributed by atoms with Crippen LogP contribution in [0.3, 0.4) is 0 Å². The lowest BCUT2D eigenvalue weighted by Gasteiger charge is -2.26. The summed E-state index contributed by atoms with van der Waals surface area (Å²) in [6, 6.07) is 70.7. The summed E-state index contributed by atoms with van der Waals surface area (Å²) in [4.78, 5) is 17.3. The molecule has 0 atom stereocenters. The highest BCUT2D eigenvalue weighted by Crippen LogP contribution is 2.50. The molecule has 0 saturated carbocycles. The molecule has 5 nitrogen and oxygen atoms in total. The monoisotopic (exact) mass is 715 g/mol. The minimum Gasteiger partial charge on any atom is -0.295 e. The number of hydrogen-bond acceptors (Lipinski definition) is 4. The van der Waals surface area contributed by atoms with Crippen LogP contribution >= 0.6 is 0 Å². The summed E-state index contributed by atoms with van der Waals surface area (Å²) in [5.41, 5.74) is 11.9. The minimum atomic E-state index is 0.631. The highest BCUT2D eigenvalue weighted by atomic mass is 15.3. The third-order valence-electron chi connectivity index (χ3n) is 10.7. The van der Waals surface area contributed by atoms with Crippen molar-refractivity contribution >= 4 is 38.9 Å². The van der Waals surface area contributed by atoms with Gasteiger partial charge in [0.15, 0.2) is 17.5 Å². The predicted molar refractivity (Wildman–Crippen MR) is 230 cm³/mol. The summed E-state index contributed by atoms with van der Waals surface area (Å²) in [5, 5.41) is 3.63. The Hall–Kier alpha value is -7.63. The number of para-hydroxylation sites is 2. The molecule has 1 aliphatic rings. The van der Waals surface area contributed by atoms with E-state index in [1.807, 2.05) is 60.7 Å². The summed E-state index contributed by atoms with van der Waals surface area (Å²) in [6.45, 7) is 0. The molecular weight excluding hydrogens is 683 g/mol. The van der Waals surface area contributed by atoms with Crippen molar-refractivity contribution in [3.8, 4) is 62.1 Å². The van der Waals surface area contributed by atoms with Crippen molar-refractivity contribution in [2.75, 3.05) is 4.90 Å². The topological polar surface area (TPSA) is 46.8 Å². The molecule has 0 saturated heterocycles. The summed E-state index contributed by atoms with van der Waals surface area (Å²) >= 11 is 0. The molecule has 0 unspecified atom stereocenters. The van der Waals surface area contributed by atoms with E-state index in [4.69, 9.17) is 15.0 Å². The fourth-order valence-corrected chi connectivity index (χ4v) is 8.08. The molecule has 0 bridgehead atoms. The van der Waals surface area contributed by atoms with E-state index in [2.05, 4.69) is 149 Å². The molecule has 0 aliphatic carbocycles. The Balaban J connectivity index is 1.07. The summed E-state index contributed by atoms with van der Waals surface area (Å²) in [5.74, 6) is 3.01. The van der Waals surface area contributed by atoms with E-state index in [1.54, 1.807) is 0 Å². The van der Waals surface area contributed by atoms with Gasteiger partial charge in [-0.2, -0.15) is 0 Å². The van der Waals surface area contributed by atoms with Crippen molar-refractivity contribution < 1.29 is 0 Å². The van der Waals surface area contributed by atoms with Crippen LogP contribution in [0.5, 0.6) is 0 Å². The number of rotatable bonds is 5. The summed E-state index contributed by atoms with van der Waals surface area (Å²) in [7, 11) is 0. The minimum absolute atomic E-state index is 0.631. The first-order chi connectivity index (χ1) is 27.7. The van der Waals surface area contributed by atoms with Gasteiger partial charge in [-0.05, 0) is 70.4 Å². The third kappa shape index (κ3) is 5.37. The zero-order chi connectivity index (χ0) is 37.0. The number of aromatic nitrogens is 4. The van der Waals surface area contributed by atoms with E-state index in [0.29, 0.717) is 17.5 Å². The number of nitrogens with zero attached hydrogens (tertiary/aromatic N) is 5. The SMILES string of the molecule is c1ccc(-c2nc(-c3ccccc3)nc(-c3cccc(-c4cccc(N5c6ccccc6-c6cc7ccccc7cc6-n6c5cc5ccccc56)c4)c3)n2)cc1. The average Bonchev–Trinajstić information content (AvgIpc) is 3.60. The first-order valence-electron chi connectivity index (χ1n) is 18.9. The standard InChI is InChI=1S/C51H33N5/c1-3-15-34(16-4-1)49-52-50(35-17-5-2-6-18-35)54-51(53-49)41-24-13-22-36(29-41)37-23-14-25-42(30-37)55-46-28-12-10-26-43(46)44-31-38-19-7-8-20-39(38)32-47(44)56-45-27-11-9-21-40(45)33-48(55)56/h1-33H. The lowest BCUT2D eigenvalue weighted by molar-refractivity contribution is 1.07. The molecule has 5 heteroatoms. The molecule has 0 N–H and O–H groups in total. The van der Waals surface area contributed by atoms with E-state index in [0.717, 1.165) is 45.0 Å². The molecule has 8 aromatic carbocycles. The van der Waals surface area contributed by atoms with Gasteiger partial charge >= 0.3 is 0 Å². The van der Waals surface area contributed by atoms with Crippen LogP contribution in [0.2, 0.25) is 0 Å². The van der Waals surface area contributed by atoms with Crippen LogP contribution in [0.25, 0.3) is 83.8 Å². The van der Waals surface area contributed by atoms with Gasteiger partial charge in [-0.15, -0.1) is 0 Å². The van der Waals surface area contributed by atoms with Gasteiger partial charge in [0.1, 0.15) is 5.82 Å². The quantitative estimate of drug-likeness (QED) is 0.178. The zero-order valence-electron chi connectivity index (χ0n) is 30.3. The predicted octanol–water partition coefficient (Wildman–Crippen LogP) is 13.1. The molecule has 56 heavy (non-hydrogen) atoms. The Morgan fingerprint density at radius 2 is 0.857 bits per heavy atom. The lowest BCUT2D eigenvalue weighted by atomic mass is 9.97. The van der Waals surface area contributed by atoms with Gasteiger partial charge in [-0.25, -0.2) is 15.0 Å². The van der Waals surface area contributed by atoms with Crippen LogP contribution < -0.4 is 4.90 Å². The molecule has 0 amide bonds. The Kier molecular flexibility index (Phi) is 7.42. The highest BCUT2D eigenvalue weighted by molar-refractivity contribution is 6.03. The maximum Gasteiger partial charge on any atom is 0.164 e. The normalized spacial score (nSPS) is 11.9. The zero-order valence-corrected chi connectivity index (χ0v) is 30.3. The summed E-state index contributed by atoms with van der Waals surface area (Å²) < 4.78 is 2.43. The Labute approximate surface area is 324 Å². The molecular formula is C51H33N5. The van der Waals surface area contributed by atoms with E-state index < -0.39 is 0 Å². The Morgan fingerprint density at radius 3 is 1.59 bits per heavy atom. The van der Waals surface area contributed by atoms with E-state index in [9.17, 15) is 0 Å². The van der Waals surface area contributed by atoms with E-state index >= 15 is 0 Å². The number of anilines is 3. The van der Waals surface area contributed by atoms with Gasteiger partial charge in [0.05, 0.1) is 16.9 Å². The molecule has 10 aromatic rings. The number of fused-ring (bicyclic) bond motifs is 8. The lowest BCUT2D eigenvalue weighted by Crippen LogP contribution is -2.12. The molecule has 0 fully saturated rings. The van der Waals surface area contributed by atoms with Gasteiger partial charge in [0, 0.05) is 38.9 Å². The molecule has 262 valence electrons. The van der Waals surface area contributed by atoms with Crippen LogP contribution in [-0.2, 0) is 0 Å². The van der Waals surface area contributed by atoms with Crippen LogP contribution in [0.1, 0.15) is 0 Å². The Morgan fingerprint density at radius 1 is 0.321 bits per heavy atom. The molecule has 11 rings (SSSR count). The second-order valence-electron chi connectivity index (χ2n) is 14.1. The van der Waals surface area contributed by atoms with Crippen molar-refractivity contribution in [1.29, 1.82) is 0 Å². The molecule has 2 aromatic heterocycles. The van der Waals surface area contributed by atoms with Gasteiger partial charge in [-0.3, -0.25) is 9.47 Å². The first-order valence-corrected chi connectivity index (χ1v) is 18.9. The molecule has 0 spiro atoms. The largest absolute Gasteiger partial charge is 0.295 e. The van der Waals surface area contributed by atoms with Gasteiger partial charge in [0.25, 0.3) is 0 Å². The second kappa shape index (κ2) is 13.0. The van der Waals surface area contributed by atoms with E-state index in [1.165, 1.54) is 38.5 Å². The van der Waals surface area contributed by atoms with Crippen LogP contribution in [-0.4, -0.2) is 19.5 Å².